The van der Waals surface area contributed by atoms with Crippen LogP contribution in [-0.2, 0) is 21.2 Å². The van der Waals surface area contributed by atoms with Gasteiger partial charge < -0.3 is 10.0 Å². The van der Waals surface area contributed by atoms with E-state index < -0.39 is 27.9 Å². The summed E-state index contributed by atoms with van der Waals surface area (Å²) in [4.78, 5) is 25.4. The number of thiophene rings is 1. The van der Waals surface area contributed by atoms with Gasteiger partial charge in [0.15, 0.2) is 0 Å². The van der Waals surface area contributed by atoms with E-state index in [1.54, 1.807) is 24.3 Å². The zero-order valence-electron chi connectivity index (χ0n) is 13.7. The zero-order valence-corrected chi connectivity index (χ0v) is 15.3. The van der Waals surface area contributed by atoms with Crippen LogP contribution in [0, 0.1) is 0 Å². The van der Waals surface area contributed by atoms with Crippen LogP contribution in [0.25, 0.3) is 0 Å². The van der Waals surface area contributed by atoms with Gasteiger partial charge in [-0.1, -0.05) is 30.3 Å². The Kier molecular flexibility index (Phi) is 5.93. The Morgan fingerprint density at radius 1 is 1.28 bits per heavy atom. The Bertz CT molecular complexity index is 862. The predicted octanol–water partition coefficient (Wildman–Crippen LogP) is 1.42. The molecule has 0 spiro atoms. The maximum atomic E-state index is 12.6. The lowest BCUT2D eigenvalue weighted by atomic mass is 10.0. The summed E-state index contributed by atoms with van der Waals surface area (Å²) in [6.07, 6.45) is 0.158. The molecule has 2 aromatic rings. The molecule has 0 aliphatic carbocycles. The average Bonchev–Trinajstić information content (AvgIpc) is 3.10. The molecule has 1 amide bonds. The van der Waals surface area contributed by atoms with Crippen molar-refractivity contribution in [1.29, 1.82) is 0 Å². The second-order valence-electron chi connectivity index (χ2n) is 5.31. The summed E-state index contributed by atoms with van der Waals surface area (Å²) in [5, 5.41) is 10.8. The Labute approximate surface area is 150 Å². The van der Waals surface area contributed by atoms with Crippen LogP contribution >= 0.6 is 11.3 Å². The van der Waals surface area contributed by atoms with Gasteiger partial charge in [0.25, 0.3) is 5.91 Å². The number of carbonyl (C=O) groups is 2. The first kappa shape index (κ1) is 19.1. The van der Waals surface area contributed by atoms with Gasteiger partial charge in [0.2, 0.25) is 10.0 Å². The van der Waals surface area contributed by atoms with E-state index in [0.29, 0.717) is 0 Å². The molecule has 0 fully saturated rings. The summed E-state index contributed by atoms with van der Waals surface area (Å²) >= 11 is 0.960. The molecule has 0 aliphatic heterocycles. The normalized spacial score (nSPS) is 12.6. The number of carboxylic acids is 1. The number of nitrogens with zero attached hydrogens (tertiary/aromatic N) is 1. The Morgan fingerprint density at radius 2 is 1.92 bits per heavy atom. The van der Waals surface area contributed by atoms with Crippen LogP contribution in [0.4, 0.5) is 0 Å². The fourth-order valence-corrected chi connectivity index (χ4v) is 4.22. The minimum Gasteiger partial charge on any atom is -0.480 e. The van der Waals surface area contributed by atoms with Gasteiger partial charge in [0.05, 0.1) is 9.77 Å². The molecule has 0 radical (unpaired) electrons. The van der Waals surface area contributed by atoms with Gasteiger partial charge in [-0.2, -0.15) is 0 Å². The third-order valence-electron chi connectivity index (χ3n) is 3.71. The van der Waals surface area contributed by atoms with E-state index in [1.807, 2.05) is 6.07 Å². The van der Waals surface area contributed by atoms with Crippen LogP contribution in [-0.4, -0.2) is 50.4 Å². The van der Waals surface area contributed by atoms with Crippen LogP contribution in [0.2, 0.25) is 0 Å². The van der Waals surface area contributed by atoms with Crippen molar-refractivity contribution in [3.05, 3.63) is 52.2 Å². The molecule has 134 valence electrons. The first-order chi connectivity index (χ1) is 11.8. The SMILES string of the molecule is CNS(=O)(=O)c1csc(C(=O)N(C)C(Cc2ccccc2)C(=O)O)c1. The van der Waals surface area contributed by atoms with Gasteiger partial charge in [0.1, 0.15) is 6.04 Å². The van der Waals surface area contributed by atoms with Crippen molar-refractivity contribution in [1.82, 2.24) is 9.62 Å². The fourth-order valence-electron chi connectivity index (χ4n) is 2.23. The van der Waals surface area contributed by atoms with Crippen molar-refractivity contribution in [3.63, 3.8) is 0 Å². The molecule has 1 aromatic carbocycles. The first-order valence-corrected chi connectivity index (χ1v) is 9.68. The highest BCUT2D eigenvalue weighted by Gasteiger charge is 2.29. The molecule has 0 bridgehead atoms. The van der Waals surface area contributed by atoms with Gasteiger partial charge in [-0.05, 0) is 18.7 Å². The van der Waals surface area contributed by atoms with Gasteiger partial charge in [-0.3, -0.25) is 4.79 Å². The van der Waals surface area contributed by atoms with E-state index in [4.69, 9.17) is 0 Å². The molecule has 1 unspecified atom stereocenters. The standard InChI is InChI=1S/C16H18N2O5S2/c1-17-25(22,23)12-9-14(24-10-12)15(19)18(2)13(16(20)21)8-11-6-4-3-5-7-11/h3-7,9-10,13,17H,8H2,1-2H3,(H,20,21). The number of amides is 1. The summed E-state index contributed by atoms with van der Waals surface area (Å²) in [6, 6.07) is 9.18. The number of aliphatic carboxylic acids is 1. The third kappa shape index (κ3) is 4.44. The Hall–Kier alpha value is -2.23. The zero-order chi connectivity index (χ0) is 18.6. The lowest BCUT2D eigenvalue weighted by Gasteiger charge is -2.24. The maximum Gasteiger partial charge on any atom is 0.326 e. The van der Waals surface area contributed by atoms with E-state index in [-0.39, 0.29) is 16.2 Å². The summed E-state index contributed by atoms with van der Waals surface area (Å²) in [5.41, 5.74) is 0.791. The molecule has 0 saturated heterocycles. The molecule has 9 heteroatoms. The fraction of sp³-hybridized carbons (Fsp3) is 0.250. The summed E-state index contributed by atoms with van der Waals surface area (Å²) in [7, 11) is -0.971. The average molecular weight is 382 g/mol. The van der Waals surface area contributed by atoms with E-state index in [9.17, 15) is 23.1 Å². The highest BCUT2D eigenvalue weighted by molar-refractivity contribution is 7.89. The minimum atomic E-state index is -3.65. The van der Waals surface area contributed by atoms with Crippen molar-refractivity contribution < 1.29 is 23.1 Å². The number of rotatable bonds is 7. The highest BCUT2D eigenvalue weighted by Crippen LogP contribution is 2.21. The van der Waals surface area contributed by atoms with E-state index in [1.165, 1.54) is 25.5 Å². The lowest BCUT2D eigenvalue weighted by molar-refractivity contribution is -0.141. The number of carbonyl (C=O) groups excluding carboxylic acids is 1. The topological polar surface area (TPSA) is 104 Å². The number of hydrogen-bond donors (Lipinski definition) is 2. The quantitative estimate of drug-likeness (QED) is 0.754. The number of likely N-dealkylation sites (N-methyl/N-ethyl adjacent to an activating group) is 1. The minimum absolute atomic E-state index is 0.0216. The molecule has 1 atom stereocenters. The number of carboxylic acid groups (broad SMARTS) is 1. The summed E-state index contributed by atoms with van der Waals surface area (Å²) in [5.74, 6) is -1.66. The van der Waals surface area contributed by atoms with Crippen LogP contribution < -0.4 is 4.72 Å². The van der Waals surface area contributed by atoms with Crippen molar-refractivity contribution in [3.8, 4) is 0 Å². The molecule has 25 heavy (non-hydrogen) atoms. The van der Waals surface area contributed by atoms with Gasteiger partial charge in [-0.25, -0.2) is 17.9 Å². The van der Waals surface area contributed by atoms with Crippen LogP contribution in [0.5, 0.6) is 0 Å². The first-order valence-electron chi connectivity index (χ1n) is 7.32. The molecule has 0 saturated carbocycles. The van der Waals surface area contributed by atoms with Crippen LogP contribution in [0.15, 0.2) is 46.7 Å². The van der Waals surface area contributed by atoms with Crippen LogP contribution in [0.1, 0.15) is 15.2 Å². The number of benzene rings is 1. The van der Waals surface area contributed by atoms with Gasteiger partial charge in [0, 0.05) is 18.8 Å². The van der Waals surface area contributed by atoms with Crippen molar-refractivity contribution in [2.75, 3.05) is 14.1 Å². The molecule has 1 heterocycles. The van der Waals surface area contributed by atoms with Crippen molar-refractivity contribution in [2.24, 2.45) is 0 Å². The summed E-state index contributed by atoms with van der Waals surface area (Å²) in [6.45, 7) is 0. The number of nitrogens with one attached hydrogen (secondary N) is 1. The van der Waals surface area contributed by atoms with Crippen molar-refractivity contribution >= 4 is 33.2 Å². The predicted molar refractivity (Wildman–Crippen MR) is 94.2 cm³/mol. The number of hydrogen-bond acceptors (Lipinski definition) is 5. The Balaban J connectivity index is 2.23. The third-order valence-corrected chi connectivity index (χ3v) is 6.17. The molecule has 2 rings (SSSR count). The lowest BCUT2D eigenvalue weighted by Crippen LogP contribution is -2.43. The molecule has 7 nitrogen and oxygen atoms in total. The maximum absolute atomic E-state index is 12.6. The van der Waals surface area contributed by atoms with E-state index in [0.717, 1.165) is 21.8 Å². The van der Waals surface area contributed by atoms with Crippen LogP contribution in [0.3, 0.4) is 0 Å². The molecular weight excluding hydrogens is 364 g/mol. The second-order valence-corrected chi connectivity index (χ2v) is 8.11. The molecule has 0 aliphatic rings. The highest BCUT2D eigenvalue weighted by atomic mass is 32.2. The van der Waals surface area contributed by atoms with Gasteiger partial charge in [-0.15, -0.1) is 11.3 Å². The Morgan fingerprint density at radius 3 is 2.48 bits per heavy atom. The van der Waals surface area contributed by atoms with E-state index >= 15 is 0 Å². The smallest absolute Gasteiger partial charge is 0.326 e. The monoisotopic (exact) mass is 382 g/mol. The van der Waals surface area contributed by atoms with Crippen molar-refractivity contribution in [2.45, 2.75) is 17.4 Å². The van der Waals surface area contributed by atoms with Gasteiger partial charge >= 0.3 is 5.97 Å². The largest absolute Gasteiger partial charge is 0.480 e. The molecule has 1 aromatic heterocycles. The molecular formula is C16H18N2O5S2. The van der Waals surface area contributed by atoms with E-state index in [2.05, 4.69) is 4.72 Å². The molecule has 2 N–H and O–H groups in total. The number of sulfonamides is 1. The second kappa shape index (κ2) is 7.77. The summed E-state index contributed by atoms with van der Waals surface area (Å²) < 4.78 is 25.7.